The van der Waals surface area contributed by atoms with E-state index in [9.17, 15) is 0 Å². The number of aryl methyl sites for hydroxylation is 2. The Kier molecular flexibility index (Phi) is 3.57. The fraction of sp³-hybridized carbons (Fsp3) is 0.500. The summed E-state index contributed by atoms with van der Waals surface area (Å²) in [5.41, 5.74) is 8.19. The summed E-state index contributed by atoms with van der Waals surface area (Å²) in [5, 5.41) is 0.856. The first-order valence-electron chi connectivity index (χ1n) is 4.92. The van der Waals surface area contributed by atoms with Crippen LogP contribution in [-0.4, -0.2) is 5.54 Å². The van der Waals surface area contributed by atoms with Crippen molar-refractivity contribution in [3.05, 3.63) is 34.3 Å². The average molecular weight is 212 g/mol. The van der Waals surface area contributed by atoms with Gasteiger partial charge in [0.1, 0.15) is 0 Å². The van der Waals surface area contributed by atoms with Crippen LogP contribution >= 0.6 is 11.6 Å². The highest BCUT2D eigenvalue weighted by molar-refractivity contribution is 6.31. The maximum Gasteiger partial charge on any atom is 0.0440 e. The predicted molar refractivity (Wildman–Crippen MR) is 62.8 cm³/mol. The molecule has 0 radical (unpaired) electrons. The minimum atomic E-state index is -0.117. The van der Waals surface area contributed by atoms with E-state index < -0.39 is 0 Å². The van der Waals surface area contributed by atoms with Gasteiger partial charge in [0.05, 0.1) is 0 Å². The van der Waals surface area contributed by atoms with Gasteiger partial charge in [-0.05, 0) is 50.8 Å². The zero-order valence-corrected chi connectivity index (χ0v) is 9.86. The largest absolute Gasteiger partial charge is 0.326 e. The van der Waals surface area contributed by atoms with Gasteiger partial charge in [-0.25, -0.2) is 0 Å². The van der Waals surface area contributed by atoms with E-state index in [1.165, 1.54) is 11.1 Å². The van der Waals surface area contributed by atoms with Crippen molar-refractivity contribution in [2.45, 2.75) is 39.2 Å². The fourth-order valence-electron chi connectivity index (χ4n) is 1.31. The number of rotatable bonds is 3. The molecule has 2 heteroatoms. The predicted octanol–water partition coefficient (Wildman–Crippen LogP) is 3.32. The van der Waals surface area contributed by atoms with Gasteiger partial charge < -0.3 is 5.73 Å². The Morgan fingerprint density at radius 1 is 1.36 bits per heavy atom. The van der Waals surface area contributed by atoms with E-state index in [4.69, 9.17) is 17.3 Å². The zero-order valence-electron chi connectivity index (χ0n) is 9.10. The van der Waals surface area contributed by atoms with Crippen LogP contribution in [0.2, 0.25) is 5.02 Å². The lowest BCUT2D eigenvalue weighted by molar-refractivity contribution is 0.477. The SMILES string of the molecule is Cc1ccc(CCC(C)(C)N)c(Cl)c1. The second-order valence-corrected chi connectivity index (χ2v) is 4.99. The fourth-order valence-corrected chi connectivity index (χ4v) is 1.64. The monoisotopic (exact) mass is 211 g/mol. The van der Waals surface area contributed by atoms with Crippen molar-refractivity contribution in [1.29, 1.82) is 0 Å². The zero-order chi connectivity index (χ0) is 10.8. The lowest BCUT2D eigenvalue weighted by Gasteiger charge is -2.18. The van der Waals surface area contributed by atoms with Gasteiger partial charge in [0.2, 0.25) is 0 Å². The molecule has 1 aromatic carbocycles. The summed E-state index contributed by atoms with van der Waals surface area (Å²) in [5.74, 6) is 0. The van der Waals surface area contributed by atoms with E-state index in [2.05, 4.69) is 12.1 Å². The normalized spacial score (nSPS) is 11.8. The Balaban J connectivity index is 2.68. The topological polar surface area (TPSA) is 26.0 Å². The van der Waals surface area contributed by atoms with Gasteiger partial charge in [-0.2, -0.15) is 0 Å². The van der Waals surface area contributed by atoms with Crippen LogP contribution in [0.5, 0.6) is 0 Å². The third-order valence-corrected chi connectivity index (χ3v) is 2.60. The van der Waals surface area contributed by atoms with Gasteiger partial charge in [0.25, 0.3) is 0 Å². The standard InChI is InChI=1S/C12H18ClN/c1-9-4-5-10(11(13)8-9)6-7-12(2,3)14/h4-5,8H,6-7,14H2,1-3H3. The first-order valence-corrected chi connectivity index (χ1v) is 5.30. The van der Waals surface area contributed by atoms with Gasteiger partial charge in [-0.3, -0.25) is 0 Å². The molecule has 1 aromatic rings. The van der Waals surface area contributed by atoms with Gasteiger partial charge in [-0.1, -0.05) is 23.7 Å². The Morgan fingerprint density at radius 3 is 2.50 bits per heavy atom. The van der Waals surface area contributed by atoms with Crippen LogP contribution in [0.15, 0.2) is 18.2 Å². The molecule has 0 aromatic heterocycles. The molecule has 0 aliphatic rings. The molecule has 0 saturated heterocycles. The lowest BCUT2D eigenvalue weighted by Crippen LogP contribution is -2.32. The number of nitrogens with two attached hydrogens (primary N) is 1. The summed E-state index contributed by atoms with van der Waals surface area (Å²) < 4.78 is 0. The molecule has 0 aliphatic carbocycles. The van der Waals surface area contributed by atoms with Gasteiger partial charge in [0.15, 0.2) is 0 Å². The Bertz CT molecular complexity index is 313. The Morgan fingerprint density at radius 2 is 2.00 bits per heavy atom. The number of halogens is 1. The second-order valence-electron chi connectivity index (χ2n) is 4.58. The molecule has 1 nitrogen and oxygen atoms in total. The highest BCUT2D eigenvalue weighted by atomic mass is 35.5. The van der Waals surface area contributed by atoms with Crippen LogP contribution in [0.4, 0.5) is 0 Å². The molecule has 78 valence electrons. The van der Waals surface area contributed by atoms with Crippen molar-refractivity contribution in [2.75, 3.05) is 0 Å². The molecule has 0 amide bonds. The molecule has 0 saturated carbocycles. The van der Waals surface area contributed by atoms with E-state index >= 15 is 0 Å². The first-order chi connectivity index (χ1) is 6.38. The van der Waals surface area contributed by atoms with Gasteiger partial charge in [0, 0.05) is 10.6 Å². The first kappa shape index (κ1) is 11.5. The summed E-state index contributed by atoms with van der Waals surface area (Å²) in [7, 11) is 0. The van der Waals surface area contributed by atoms with Crippen LogP contribution < -0.4 is 5.73 Å². The maximum atomic E-state index is 6.12. The molecule has 1 rings (SSSR count). The van der Waals surface area contributed by atoms with Crippen LogP contribution in [0, 0.1) is 6.92 Å². The number of hydrogen-bond acceptors (Lipinski definition) is 1. The third-order valence-electron chi connectivity index (χ3n) is 2.25. The highest BCUT2D eigenvalue weighted by Crippen LogP contribution is 2.20. The Labute approximate surface area is 91.3 Å². The molecule has 0 spiro atoms. The molecule has 0 heterocycles. The summed E-state index contributed by atoms with van der Waals surface area (Å²) in [6.45, 7) is 6.12. The van der Waals surface area contributed by atoms with E-state index in [0.717, 1.165) is 17.9 Å². The molecular formula is C12H18ClN. The molecule has 0 fully saturated rings. The van der Waals surface area contributed by atoms with Crippen LogP contribution in [0.25, 0.3) is 0 Å². The average Bonchev–Trinajstić information content (AvgIpc) is 2.00. The van der Waals surface area contributed by atoms with Crippen LogP contribution in [0.3, 0.4) is 0 Å². The minimum Gasteiger partial charge on any atom is -0.326 e. The molecule has 0 unspecified atom stereocenters. The van der Waals surface area contributed by atoms with Gasteiger partial charge in [-0.15, -0.1) is 0 Å². The van der Waals surface area contributed by atoms with Crippen molar-refractivity contribution in [1.82, 2.24) is 0 Å². The van der Waals surface area contributed by atoms with Gasteiger partial charge >= 0.3 is 0 Å². The molecule has 0 bridgehead atoms. The molecule has 14 heavy (non-hydrogen) atoms. The van der Waals surface area contributed by atoms with Crippen molar-refractivity contribution in [3.63, 3.8) is 0 Å². The van der Waals surface area contributed by atoms with Crippen molar-refractivity contribution >= 4 is 11.6 Å². The third kappa shape index (κ3) is 3.69. The summed E-state index contributed by atoms with van der Waals surface area (Å²) >= 11 is 6.12. The Hall–Kier alpha value is -0.530. The van der Waals surface area contributed by atoms with Crippen LogP contribution in [0.1, 0.15) is 31.4 Å². The molecular weight excluding hydrogens is 194 g/mol. The molecule has 0 aliphatic heterocycles. The maximum absolute atomic E-state index is 6.12. The van der Waals surface area contributed by atoms with Crippen molar-refractivity contribution in [3.8, 4) is 0 Å². The minimum absolute atomic E-state index is 0.117. The summed E-state index contributed by atoms with van der Waals surface area (Å²) in [6, 6.07) is 6.18. The van der Waals surface area contributed by atoms with Crippen LogP contribution in [-0.2, 0) is 6.42 Å². The van der Waals surface area contributed by atoms with Crippen molar-refractivity contribution in [2.24, 2.45) is 5.73 Å². The summed E-state index contributed by atoms with van der Waals surface area (Å²) in [6.07, 6.45) is 1.90. The highest BCUT2D eigenvalue weighted by Gasteiger charge is 2.11. The number of benzene rings is 1. The van der Waals surface area contributed by atoms with E-state index in [1.807, 2.05) is 26.8 Å². The summed E-state index contributed by atoms with van der Waals surface area (Å²) in [4.78, 5) is 0. The van der Waals surface area contributed by atoms with Crippen molar-refractivity contribution < 1.29 is 0 Å². The van der Waals surface area contributed by atoms with E-state index in [1.54, 1.807) is 0 Å². The smallest absolute Gasteiger partial charge is 0.0440 e. The molecule has 0 atom stereocenters. The number of hydrogen-bond donors (Lipinski definition) is 1. The molecule has 2 N–H and O–H groups in total. The lowest BCUT2D eigenvalue weighted by atomic mass is 9.96. The quantitative estimate of drug-likeness (QED) is 0.816. The van der Waals surface area contributed by atoms with E-state index in [-0.39, 0.29) is 5.54 Å². The van der Waals surface area contributed by atoms with E-state index in [0.29, 0.717) is 0 Å². The second kappa shape index (κ2) is 4.33.